The second-order valence-electron chi connectivity index (χ2n) is 1.75. The van der Waals surface area contributed by atoms with Crippen LogP contribution in [-0.4, -0.2) is 30.8 Å². The number of methoxy groups -OCH3 is 1. The maximum Gasteiger partial charge on any atom is 0.291 e. The fraction of sp³-hybridized carbons (Fsp3) is 0.750. The average molecular weight is 182 g/mol. The molecule has 0 aliphatic carbocycles. The third-order valence-electron chi connectivity index (χ3n) is 0.839. The van der Waals surface area contributed by atoms with E-state index in [1.165, 1.54) is 7.11 Å². The van der Waals surface area contributed by atoms with Gasteiger partial charge in [0, 0.05) is 13.7 Å². The highest BCUT2D eigenvalue weighted by atomic mass is 31.2. The molecule has 0 rings (SSSR count). The van der Waals surface area contributed by atoms with Crippen molar-refractivity contribution in [1.29, 1.82) is 0 Å². The van der Waals surface area contributed by atoms with Gasteiger partial charge in [-0.05, 0) is 0 Å². The van der Waals surface area contributed by atoms with E-state index in [4.69, 9.17) is 4.89 Å². The Balaban J connectivity index is 3.63. The van der Waals surface area contributed by atoms with Gasteiger partial charge in [-0.1, -0.05) is 0 Å². The molecule has 1 unspecified atom stereocenters. The van der Waals surface area contributed by atoms with Gasteiger partial charge in [0.15, 0.2) is 0 Å². The molecule has 7 heteroatoms. The molecule has 0 spiro atoms. The normalized spacial score (nSPS) is 15.5. The second-order valence-corrected chi connectivity index (χ2v) is 3.19. The van der Waals surface area contributed by atoms with E-state index in [-0.39, 0.29) is 13.2 Å². The van der Waals surface area contributed by atoms with E-state index < -0.39 is 13.2 Å². The molecule has 0 aromatic heterocycles. The molecule has 6 nitrogen and oxygen atoms in total. The standard InChI is InChI=1S/C4H10NO5P/c1-10-3-2-5-4(6)11(7,8)9/h2-3H2,1H3,(H,5,6)(H2,7,8,9)/p-1. The molecule has 0 aromatic rings. The van der Waals surface area contributed by atoms with Gasteiger partial charge < -0.3 is 19.8 Å². The number of hydrogen-bond acceptors (Lipinski definition) is 4. The van der Waals surface area contributed by atoms with Crippen molar-refractivity contribution in [3.8, 4) is 0 Å². The van der Waals surface area contributed by atoms with Crippen LogP contribution >= 0.6 is 7.60 Å². The van der Waals surface area contributed by atoms with Gasteiger partial charge in [-0.3, -0.25) is 9.36 Å². The van der Waals surface area contributed by atoms with Crippen LogP contribution < -0.4 is 10.2 Å². The smallest absolute Gasteiger partial charge is 0.291 e. The van der Waals surface area contributed by atoms with Gasteiger partial charge in [-0.25, -0.2) is 0 Å². The van der Waals surface area contributed by atoms with Gasteiger partial charge >= 0.3 is 0 Å². The fourth-order valence-electron chi connectivity index (χ4n) is 0.360. The van der Waals surface area contributed by atoms with E-state index in [2.05, 4.69) is 4.74 Å². The van der Waals surface area contributed by atoms with Crippen molar-refractivity contribution in [2.24, 2.45) is 0 Å². The lowest BCUT2D eigenvalue weighted by Gasteiger charge is -2.14. The Morgan fingerprint density at radius 2 is 2.36 bits per heavy atom. The lowest BCUT2D eigenvalue weighted by molar-refractivity contribution is -0.188. The molecule has 0 fully saturated rings. The van der Waals surface area contributed by atoms with Crippen LogP contribution in [0.1, 0.15) is 0 Å². The number of ether oxygens (including phenoxy) is 1. The number of nitrogens with one attached hydrogen (secondary N) is 1. The van der Waals surface area contributed by atoms with E-state index in [1.54, 1.807) is 0 Å². The molecule has 0 bridgehead atoms. The summed E-state index contributed by atoms with van der Waals surface area (Å²) in [4.78, 5) is 28.5. The molecule has 1 atom stereocenters. The van der Waals surface area contributed by atoms with Gasteiger partial charge in [-0.15, -0.1) is 0 Å². The first-order chi connectivity index (χ1) is 4.98. The Morgan fingerprint density at radius 1 is 1.82 bits per heavy atom. The summed E-state index contributed by atoms with van der Waals surface area (Å²) < 4.78 is 14.6. The van der Waals surface area contributed by atoms with E-state index in [0.717, 1.165) is 0 Å². The number of rotatable bonds is 4. The summed E-state index contributed by atoms with van der Waals surface area (Å²) >= 11 is 0. The minimum absolute atomic E-state index is 0.0577. The third kappa shape index (κ3) is 4.92. The van der Waals surface area contributed by atoms with Crippen molar-refractivity contribution in [2.75, 3.05) is 20.3 Å². The zero-order valence-electron chi connectivity index (χ0n) is 5.94. The Kier molecular flexibility index (Phi) is 4.29. The molecular weight excluding hydrogens is 173 g/mol. The lowest BCUT2D eigenvalue weighted by Crippen LogP contribution is -2.28. The molecule has 0 radical (unpaired) electrons. The molecule has 11 heavy (non-hydrogen) atoms. The van der Waals surface area contributed by atoms with Crippen molar-refractivity contribution in [2.45, 2.75) is 0 Å². The van der Waals surface area contributed by atoms with E-state index in [9.17, 15) is 14.3 Å². The van der Waals surface area contributed by atoms with Crippen LogP contribution in [0.5, 0.6) is 0 Å². The van der Waals surface area contributed by atoms with Crippen molar-refractivity contribution in [3.63, 3.8) is 0 Å². The summed E-state index contributed by atoms with van der Waals surface area (Å²) in [6.45, 7) is 0.258. The summed E-state index contributed by atoms with van der Waals surface area (Å²) in [5.74, 6) is 0. The molecule has 66 valence electrons. The number of hydrogen-bond donors (Lipinski definition) is 2. The van der Waals surface area contributed by atoms with Crippen LogP contribution in [0.25, 0.3) is 0 Å². The molecular formula is C4H9NO5P-. The highest BCUT2D eigenvalue weighted by molar-refractivity contribution is 7.68. The molecule has 0 aliphatic rings. The summed E-state index contributed by atoms with van der Waals surface area (Å²) in [6.07, 6.45) is 0. The van der Waals surface area contributed by atoms with Gasteiger partial charge in [0.25, 0.3) is 5.65 Å². The predicted octanol–water partition coefficient (Wildman–Crippen LogP) is -1.11. The monoisotopic (exact) mass is 182 g/mol. The molecule has 0 heterocycles. The third-order valence-corrected chi connectivity index (χ3v) is 1.51. The average Bonchev–Trinajstić information content (AvgIpc) is 1.86. The number of carbonyl (C=O) groups is 1. The molecule has 0 aromatic carbocycles. The number of carbonyl (C=O) groups excluding carboxylic acids is 1. The van der Waals surface area contributed by atoms with E-state index >= 15 is 0 Å². The largest absolute Gasteiger partial charge is 0.772 e. The highest BCUT2D eigenvalue weighted by Gasteiger charge is 2.13. The van der Waals surface area contributed by atoms with Crippen molar-refractivity contribution in [1.82, 2.24) is 5.32 Å². The summed E-state index contributed by atoms with van der Waals surface area (Å²) in [5, 5.41) is 1.93. The zero-order chi connectivity index (χ0) is 8.91. The zero-order valence-corrected chi connectivity index (χ0v) is 6.84. The second kappa shape index (κ2) is 4.46. The molecule has 1 amide bonds. The number of amides is 1. The van der Waals surface area contributed by atoms with Crippen LogP contribution in [-0.2, 0) is 9.30 Å². The first-order valence-corrected chi connectivity index (χ1v) is 4.37. The Labute approximate surface area is 63.7 Å². The minimum Gasteiger partial charge on any atom is -0.772 e. The fourth-order valence-corrected chi connectivity index (χ4v) is 0.672. The van der Waals surface area contributed by atoms with Crippen molar-refractivity contribution >= 4 is 13.2 Å². The van der Waals surface area contributed by atoms with Crippen LogP contribution in [0, 0.1) is 0 Å². The Bertz CT molecular complexity index is 175. The predicted molar refractivity (Wildman–Crippen MR) is 35.1 cm³/mol. The lowest BCUT2D eigenvalue weighted by atomic mass is 10.7. The topological polar surface area (TPSA) is 98.7 Å². The maximum absolute atomic E-state index is 10.3. The summed E-state index contributed by atoms with van der Waals surface area (Å²) in [5.41, 5.74) is -1.38. The molecule has 0 aliphatic heterocycles. The maximum atomic E-state index is 10.3. The first kappa shape index (κ1) is 10.6. The minimum atomic E-state index is -4.85. The summed E-state index contributed by atoms with van der Waals surface area (Å²) in [7, 11) is -3.45. The molecule has 0 saturated carbocycles. The van der Waals surface area contributed by atoms with Gasteiger partial charge in [0.05, 0.1) is 6.61 Å². The molecule has 2 N–H and O–H groups in total. The highest BCUT2D eigenvalue weighted by Crippen LogP contribution is 2.28. The summed E-state index contributed by atoms with van der Waals surface area (Å²) in [6, 6.07) is 0. The Morgan fingerprint density at radius 3 is 2.73 bits per heavy atom. The van der Waals surface area contributed by atoms with Gasteiger partial charge in [0.2, 0.25) is 7.60 Å². The van der Waals surface area contributed by atoms with Gasteiger partial charge in [-0.2, -0.15) is 0 Å². The molecule has 0 saturated heterocycles. The van der Waals surface area contributed by atoms with E-state index in [0.29, 0.717) is 0 Å². The van der Waals surface area contributed by atoms with E-state index in [1.807, 2.05) is 5.32 Å². The van der Waals surface area contributed by atoms with Crippen molar-refractivity contribution < 1.29 is 23.9 Å². The van der Waals surface area contributed by atoms with Crippen LogP contribution in [0.2, 0.25) is 0 Å². The quantitative estimate of drug-likeness (QED) is 0.424. The van der Waals surface area contributed by atoms with Crippen LogP contribution in [0.3, 0.4) is 0 Å². The Hall–Kier alpha value is -0.420. The van der Waals surface area contributed by atoms with Crippen molar-refractivity contribution in [3.05, 3.63) is 0 Å². The van der Waals surface area contributed by atoms with Crippen LogP contribution in [0.15, 0.2) is 0 Å². The van der Waals surface area contributed by atoms with Crippen LogP contribution in [0.4, 0.5) is 4.79 Å². The van der Waals surface area contributed by atoms with Gasteiger partial charge in [0.1, 0.15) is 0 Å². The first-order valence-electron chi connectivity index (χ1n) is 2.79. The SMILES string of the molecule is COCCNC(=O)P(=O)([O-])O.